The lowest BCUT2D eigenvalue weighted by Gasteiger charge is -2.22. The number of nitrogens with one attached hydrogen (secondary N) is 1. The molecule has 4 heteroatoms. The van der Waals surface area contributed by atoms with E-state index >= 15 is 0 Å². The van der Waals surface area contributed by atoms with Crippen LogP contribution in [0, 0.1) is 13.8 Å². The fourth-order valence-corrected chi connectivity index (χ4v) is 2.61. The number of benzene rings is 2. The zero-order chi connectivity index (χ0) is 18.4. The summed E-state index contributed by atoms with van der Waals surface area (Å²) in [6.45, 7) is 7.96. The van der Waals surface area contributed by atoms with Crippen molar-refractivity contribution in [2.45, 2.75) is 46.3 Å². The van der Waals surface area contributed by atoms with Crippen molar-refractivity contribution < 1.29 is 14.3 Å². The normalized spacial score (nSPS) is 13.0. The summed E-state index contributed by atoms with van der Waals surface area (Å²) in [7, 11) is 1.64. The Kier molecular flexibility index (Phi) is 6.45. The Hall–Kier alpha value is -2.49. The molecule has 2 aromatic carbocycles. The molecule has 0 saturated heterocycles. The number of amides is 1. The number of methoxy groups -OCH3 is 1. The molecule has 0 radical (unpaired) electrons. The van der Waals surface area contributed by atoms with E-state index in [2.05, 4.69) is 5.32 Å². The molecule has 1 N–H and O–H groups in total. The summed E-state index contributed by atoms with van der Waals surface area (Å²) in [5, 5.41) is 3.03. The van der Waals surface area contributed by atoms with Gasteiger partial charge in [0.05, 0.1) is 13.2 Å². The predicted octanol–water partition coefficient (Wildman–Crippen LogP) is 4.35. The van der Waals surface area contributed by atoms with E-state index in [1.54, 1.807) is 7.11 Å². The molecule has 0 aliphatic carbocycles. The van der Waals surface area contributed by atoms with Gasteiger partial charge in [-0.1, -0.05) is 31.2 Å². The molecule has 4 nitrogen and oxygen atoms in total. The molecule has 0 unspecified atom stereocenters. The Balaban J connectivity index is 2.04. The van der Waals surface area contributed by atoms with Crippen molar-refractivity contribution in [3.8, 4) is 11.5 Å². The Morgan fingerprint density at radius 2 is 1.80 bits per heavy atom. The molecule has 25 heavy (non-hydrogen) atoms. The second kappa shape index (κ2) is 8.56. The largest absolute Gasteiger partial charge is 0.497 e. The summed E-state index contributed by atoms with van der Waals surface area (Å²) in [5.74, 6) is 1.46. The van der Waals surface area contributed by atoms with Gasteiger partial charge in [0, 0.05) is 0 Å². The second-order valence-electron chi connectivity index (χ2n) is 6.22. The lowest BCUT2D eigenvalue weighted by atomic mass is 10.1. The van der Waals surface area contributed by atoms with Crippen LogP contribution in [0.4, 0.5) is 0 Å². The summed E-state index contributed by atoms with van der Waals surface area (Å²) in [6, 6.07) is 13.5. The summed E-state index contributed by atoms with van der Waals surface area (Å²) < 4.78 is 11.1. The first-order valence-corrected chi connectivity index (χ1v) is 8.63. The third-order valence-electron chi connectivity index (χ3n) is 4.46. The quantitative estimate of drug-likeness (QED) is 0.814. The standard InChI is InChI=1S/C21H27NO3/c1-6-19(25-20-9-7-8-14(2)15(20)3)21(23)22-16(4)17-10-12-18(24-5)13-11-17/h7-13,16,19H,6H2,1-5H3,(H,22,23)/t16-,19+/m0/s1. The number of rotatable bonds is 7. The maximum Gasteiger partial charge on any atom is 0.261 e. The minimum absolute atomic E-state index is 0.102. The minimum atomic E-state index is -0.513. The minimum Gasteiger partial charge on any atom is -0.497 e. The van der Waals surface area contributed by atoms with E-state index in [4.69, 9.17) is 9.47 Å². The molecule has 0 heterocycles. The highest BCUT2D eigenvalue weighted by molar-refractivity contribution is 5.81. The fourth-order valence-electron chi connectivity index (χ4n) is 2.61. The van der Waals surface area contributed by atoms with E-state index in [9.17, 15) is 4.79 Å². The molecule has 1 amide bonds. The molecule has 2 aromatic rings. The van der Waals surface area contributed by atoms with Crippen LogP contribution in [0.15, 0.2) is 42.5 Å². The Bertz CT molecular complexity index is 710. The van der Waals surface area contributed by atoms with Gasteiger partial charge >= 0.3 is 0 Å². The zero-order valence-corrected chi connectivity index (χ0v) is 15.6. The summed E-state index contributed by atoms with van der Waals surface area (Å²) >= 11 is 0. The van der Waals surface area contributed by atoms with Crippen molar-refractivity contribution in [1.82, 2.24) is 5.32 Å². The van der Waals surface area contributed by atoms with Gasteiger partial charge < -0.3 is 14.8 Å². The lowest BCUT2D eigenvalue weighted by Crippen LogP contribution is -2.39. The van der Waals surface area contributed by atoms with Crippen LogP contribution in [-0.4, -0.2) is 19.1 Å². The summed E-state index contributed by atoms with van der Waals surface area (Å²) in [5.41, 5.74) is 3.24. The van der Waals surface area contributed by atoms with Crippen molar-refractivity contribution in [3.63, 3.8) is 0 Å². The van der Waals surface area contributed by atoms with Crippen molar-refractivity contribution in [2.24, 2.45) is 0 Å². The second-order valence-corrected chi connectivity index (χ2v) is 6.22. The van der Waals surface area contributed by atoms with Crippen LogP contribution in [0.2, 0.25) is 0 Å². The highest BCUT2D eigenvalue weighted by Crippen LogP contribution is 2.23. The Morgan fingerprint density at radius 3 is 2.40 bits per heavy atom. The summed E-state index contributed by atoms with van der Waals surface area (Å²) in [6.07, 6.45) is 0.0929. The predicted molar refractivity (Wildman–Crippen MR) is 100 cm³/mol. The van der Waals surface area contributed by atoms with E-state index in [1.807, 2.05) is 70.2 Å². The molecule has 0 spiro atoms. The van der Waals surface area contributed by atoms with Gasteiger partial charge in [0.1, 0.15) is 11.5 Å². The smallest absolute Gasteiger partial charge is 0.261 e. The zero-order valence-electron chi connectivity index (χ0n) is 15.6. The Morgan fingerprint density at radius 1 is 1.12 bits per heavy atom. The van der Waals surface area contributed by atoms with E-state index in [-0.39, 0.29) is 11.9 Å². The van der Waals surface area contributed by atoms with Gasteiger partial charge in [-0.3, -0.25) is 4.79 Å². The van der Waals surface area contributed by atoms with Gasteiger partial charge in [-0.15, -0.1) is 0 Å². The molecule has 0 aliphatic rings. The third kappa shape index (κ3) is 4.75. The van der Waals surface area contributed by atoms with Crippen LogP contribution in [0.25, 0.3) is 0 Å². The van der Waals surface area contributed by atoms with Crippen molar-refractivity contribution in [3.05, 3.63) is 59.2 Å². The van der Waals surface area contributed by atoms with Gasteiger partial charge in [0.15, 0.2) is 6.10 Å². The molecular formula is C21H27NO3. The number of hydrogen-bond acceptors (Lipinski definition) is 3. The highest BCUT2D eigenvalue weighted by atomic mass is 16.5. The van der Waals surface area contributed by atoms with E-state index < -0.39 is 6.10 Å². The average molecular weight is 341 g/mol. The van der Waals surface area contributed by atoms with Gasteiger partial charge in [-0.05, 0) is 62.1 Å². The van der Waals surface area contributed by atoms with Gasteiger partial charge in [-0.25, -0.2) is 0 Å². The fraction of sp³-hybridized carbons (Fsp3) is 0.381. The molecule has 0 aliphatic heterocycles. The van der Waals surface area contributed by atoms with E-state index in [0.717, 1.165) is 28.2 Å². The highest BCUT2D eigenvalue weighted by Gasteiger charge is 2.21. The molecule has 134 valence electrons. The van der Waals surface area contributed by atoms with Gasteiger partial charge in [0.25, 0.3) is 5.91 Å². The first kappa shape index (κ1) is 18.8. The third-order valence-corrected chi connectivity index (χ3v) is 4.46. The molecule has 2 atom stereocenters. The van der Waals surface area contributed by atoms with Crippen molar-refractivity contribution in [1.29, 1.82) is 0 Å². The van der Waals surface area contributed by atoms with E-state index in [0.29, 0.717) is 6.42 Å². The molecule has 0 bridgehead atoms. The number of hydrogen-bond donors (Lipinski definition) is 1. The van der Waals surface area contributed by atoms with Crippen molar-refractivity contribution in [2.75, 3.05) is 7.11 Å². The maximum absolute atomic E-state index is 12.6. The molecule has 0 saturated carbocycles. The number of aryl methyl sites for hydroxylation is 1. The first-order chi connectivity index (χ1) is 12.0. The first-order valence-electron chi connectivity index (χ1n) is 8.63. The van der Waals surface area contributed by atoms with Gasteiger partial charge in [0.2, 0.25) is 0 Å². The number of ether oxygens (including phenoxy) is 2. The van der Waals surface area contributed by atoms with Crippen LogP contribution in [0.1, 0.15) is 43.0 Å². The Labute approximate surface area is 150 Å². The summed E-state index contributed by atoms with van der Waals surface area (Å²) in [4.78, 5) is 12.6. The molecular weight excluding hydrogens is 314 g/mol. The van der Waals surface area contributed by atoms with Gasteiger partial charge in [-0.2, -0.15) is 0 Å². The van der Waals surface area contributed by atoms with Crippen LogP contribution in [-0.2, 0) is 4.79 Å². The van der Waals surface area contributed by atoms with Crippen LogP contribution in [0.5, 0.6) is 11.5 Å². The maximum atomic E-state index is 12.6. The van der Waals surface area contributed by atoms with Crippen molar-refractivity contribution >= 4 is 5.91 Å². The topological polar surface area (TPSA) is 47.6 Å². The average Bonchev–Trinajstić information content (AvgIpc) is 2.62. The number of carbonyl (C=O) groups excluding carboxylic acids is 1. The van der Waals surface area contributed by atoms with E-state index in [1.165, 1.54) is 0 Å². The number of carbonyl (C=O) groups is 1. The van der Waals surface area contributed by atoms with Crippen LogP contribution in [0.3, 0.4) is 0 Å². The van der Waals surface area contributed by atoms with Crippen LogP contribution < -0.4 is 14.8 Å². The SMILES string of the molecule is CC[C@@H](Oc1cccc(C)c1C)C(=O)N[C@@H](C)c1ccc(OC)cc1. The molecule has 2 rings (SSSR count). The van der Waals surface area contributed by atoms with Crippen LogP contribution >= 0.6 is 0 Å². The molecule has 0 aromatic heterocycles. The molecule has 0 fully saturated rings. The lowest BCUT2D eigenvalue weighted by molar-refractivity contribution is -0.128. The monoisotopic (exact) mass is 341 g/mol.